The van der Waals surface area contributed by atoms with E-state index in [0.29, 0.717) is 6.04 Å². The lowest BCUT2D eigenvalue weighted by Gasteiger charge is -2.07. The zero-order valence-corrected chi connectivity index (χ0v) is 11.0. The Morgan fingerprint density at radius 3 is 2.06 bits per heavy atom. The van der Waals surface area contributed by atoms with E-state index in [1.807, 2.05) is 38.1 Å². The fourth-order valence-corrected chi connectivity index (χ4v) is 1.18. The van der Waals surface area contributed by atoms with Crippen molar-refractivity contribution in [2.24, 2.45) is 0 Å². The van der Waals surface area contributed by atoms with E-state index in [9.17, 15) is 4.79 Å². The Kier molecular flexibility index (Phi) is 7.48. The summed E-state index contributed by atoms with van der Waals surface area (Å²) in [5.74, 6) is 0.119. The van der Waals surface area contributed by atoms with Crippen molar-refractivity contribution in [2.75, 3.05) is 0 Å². The van der Waals surface area contributed by atoms with E-state index in [-0.39, 0.29) is 5.78 Å². The summed E-state index contributed by atoms with van der Waals surface area (Å²) in [6, 6.07) is 8.22. The van der Waals surface area contributed by atoms with Crippen LogP contribution in [0.4, 0.5) is 0 Å². The molecular weight excluding hydrogens is 198 g/mol. The maximum atomic E-state index is 11.0. The number of Topliss-reactive ketones (excluding diaryl/α,β-unsaturated/α-hetero) is 1. The molecule has 2 heteroatoms. The molecule has 0 fully saturated rings. The highest BCUT2D eigenvalue weighted by atomic mass is 16.1. The van der Waals surface area contributed by atoms with Crippen LogP contribution < -0.4 is 5.32 Å². The highest BCUT2D eigenvalue weighted by Crippen LogP contribution is 2.05. The first-order valence-corrected chi connectivity index (χ1v) is 5.93. The van der Waals surface area contributed by atoms with Gasteiger partial charge in [-0.05, 0) is 12.5 Å². The van der Waals surface area contributed by atoms with Crippen LogP contribution in [0.3, 0.4) is 0 Å². The molecule has 0 spiro atoms. The van der Waals surface area contributed by atoms with Crippen molar-refractivity contribution in [1.29, 1.82) is 0 Å². The van der Waals surface area contributed by atoms with E-state index in [2.05, 4.69) is 19.2 Å². The summed E-state index contributed by atoms with van der Waals surface area (Å²) in [5.41, 5.74) is 1.99. The average Bonchev–Trinajstić information content (AvgIpc) is 2.29. The summed E-state index contributed by atoms with van der Waals surface area (Å²) in [5, 5.41) is 3.33. The molecule has 1 aromatic carbocycles. The van der Waals surface area contributed by atoms with E-state index < -0.39 is 0 Å². The van der Waals surface area contributed by atoms with Gasteiger partial charge in [-0.15, -0.1) is 0 Å². The van der Waals surface area contributed by atoms with Gasteiger partial charge >= 0.3 is 0 Å². The molecule has 0 amide bonds. The average molecular weight is 221 g/mol. The first-order chi connectivity index (χ1) is 7.59. The fraction of sp³-hybridized carbons (Fsp3) is 0.500. The Balaban J connectivity index is 0.00000106. The van der Waals surface area contributed by atoms with Crippen molar-refractivity contribution in [3.8, 4) is 0 Å². The molecule has 1 rings (SSSR count). The summed E-state index contributed by atoms with van der Waals surface area (Å²) in [6.45, 7) is 10.7. The molecular formula is C14H23NO. The highest BCUT2D eigenvalue weighted by molar-refractivity contribution is 5.93. The standard InChI is InChI=1S/C12H17NO.C2H6/c1-9(2)13-8-11-4-6-12(7-5-11)10(3)14;1-2/h4-7,9,13H,8H2,1-3H3;1-2H3. The van der Waals surface area contributed by atoms with E-state index >= 15 is 0 Å². The summed E-state index contributed by atoms with van der Waals surface area (Å²) in [6.07, 6.45) is 0. The van der Waals surface area contributed by atoms with E-state index in [4.69, 9.17) is 0 Å². The third-order valence-electron chi connectivity index (χ3n) is 2.07. The smallest absolute Gasteiger partial charge is 0.159 e. The molecule has 0 aromatic heterocycles. The lowest BCUT2D eigenvalue weighted by molar-refractivity contribution is 0.101. The Hall–Kier alpha value is -1.15. The van der Waals surface area contributed by atoms with Gasteiger partial charge < -0.3 is 5.32 Å². The molecule has 0 unspecified atom stereocenters. The van der Waals surface area contributed by atoms with Crippen LogP contribution in [0.25, 0.3) is 0 Å². The third-order valence-corrected chi connectivity index (χ3v) is 2.07. The minimum absolute atomic E-state index is 0.119. The van der Waals surface area contributed by atoms with Crippen molar-refractivity contribution in [3.63, 3.8) is 0 Å². The van der Waals surface area contributed by atoms with Gasteiger partial charge in [0.2, 0.25) is 0 Å². The number of hydrogen-bond donors (Lipinski definition) is 1. The van der Waals surface area contributed by atoms with Crippen molar-refractivity contribution in [3.05, 3.63) is 35.4 Å². The monoisotopic (exact) mass is 221 g/mol. The second-order valence-electron chi connectivity index (χ2n) is 3.79. The SMILES string of the molecule is CC.CC(=O)c1ccc(CNC(C)C)cc1. The summed E-state index contributed by atoms with van der Waals surface area (Å²) >= 11 is 0. The molecule has 2 nitrogen and oxygen atoms in total. The zero-order valence-electron chi connectivity index (χ0n) is 11.0. The topological polar surface area (TPSA) is 29.1 Å². The van der Waals surface area contributed by atoms with Crippen LogP contribution in [0.5, 0.6) is 0 Å². The van der Waals surface area contributed by atoms with E-state index in [0.717, 1.165) is 12.1 Å². The fourth-order valence-electron chi connectivity index (χ4n) is 1.18. The molecule has 0 aliphatic rings. The van der Waals surface area contributed by atoms with Crippen LogP contribution in [0.15, 0.2) is 24.3 Å². The van der Waals surface area contributed by atoms with Gasteiger partial charge in [-0.2, -0.15) is 0 Å². The van der Waals surface area contributed by atoms with Gasteiger partial charge in [0.15, 0.2) is 5.78 Å². The quantitative estimate of drug-likeness (QED) is 0.789. The number of carbonyl (C=O) groups excluding carboxylic acids is 1. The number of benzene rings is 1. The molecule has 1 N–H and O–H groups in total. The first kappa shape index (κ1) is 14.8. The van der Waals surface area contributed by atoms with Crippen LogP contribution in [-0.4, -0.2) is 11.8 Å². The van der Waals surface area contributed by atoms with Gasteiger partial charge in [0.1, 0.15) is 0 Å². The predicted octanol–water partition coefficient (Wildman–Crippen LogP) is 3.41. The Bertz CT molecular complexity index is 301. The van der Waals surface area contributed by atoms with E-state index in [1.54, 1.807) is 6.92 Å². The predicted molar refractivity (Wildman–Crippen MR) is 69.8 cm³/mol. The van der Waals surface area contributed by atoms with Crippen LogP contribution in [-0.2, 0) is 6.54 Å². The second kappa shape index (κ2) is 8.05. The molecule has 0 saturated heterocycles. The molecule has 0 atom stereocenters. The third kappa shape index (κ3) is 5.66. The highest BCUT2D eigenvalue weighted by Gasteiger charge is 1.99. The van der Waals surface area contributed by atoms with Crippen LogP contribution >= 0.6 is 0 Å². The molecule has 0 radical (unpaired) electrons. The van der Waals surface area contributed by atoms with Crippen molar-refractivity contribution in [1.82, 2.24) is 5.32 Å². The minimum atomic E-state index is 0.119. The van der Waals surface area contributed by atoms with Gasteiger partial charge in [-0.1, -0.05) is 52.0 Å². The zero-order chi connectivity index (χ0) is 12.6. The molecule has 90 valence electrons. The van der Waals surface area contributed by atoms with Crippen molar-refractivity contribution >= 4 is 5.78 Å². The van der Waals surface area contributed by atoms with Crippen molar-refractivity contribution < 1.29 is 4.79 Å². The van der Waals surface area contributed by atoms with Gasteiger partial charge in [-0.25, -0.2) is 0 Å². The summed E-state index contributed by atoms with van der Waals surface area (Å²) in [7, 11) is 0. The lowest BCUT2D eigenvalue weighted by atomic mass is 10.1. The van der Waals surface area contributed by atoms with E-state index in [1.165, 1.54) is 5.56 Å². The molecule has 0 bridgehead atoms. The largest absolute Gasteiger partial charge is 0.310 e. The number of carbonyl (C=O) groups is 1. The molecule has 0 heterocycles. The van der Waals surface area contributed by atoms with Crippen LogP contribution in [0.1, 0.15) is 50.5 Å². The molecule has 0 aliphatic carbocycles. The first-order valence-electron chi connectivity index (χ1n) is 5.93. The molecule has 0 saturated carbocycles. The molecule has 1 aromatic rings. The van der Waals surface area contributed by atoms with Gasteiger partial charge in [0.05, 0.1) is 0 Å². The Morgan fingerprint density at radius 1 is 1.19 bits per heavy atom. The summed E-state index contributed by atoms with van der Waals surface area (Å²) in [4.78, 5) is 11.0. The Morgan fingerprint density at radius 2 is 1.69 bits per heavy atom. The summed E-state index contributed by atoms with van der Waals surface area (Å²) < 4.78 is 0. The number of nitrogens with one attached hydrogen (secondary N) is 1. The number of rotatable bonds is 4. The Labute approximate surface area is 99.1 Å². The number of ketones is 1. The van der Waals surface area contributed by atoms with Gasteiger partial charge in [0.25, 0.3) is 0 Å². The van der Waals surface area contributed by atoms with Crippen LogP contribution in [0.2, 0.25) is 0 Å². The van der Waals surface area contributed by atoms with Gasteiger partial charge in [-0.3, -0.25) is 4.79 Å². The maximum Gasteiger partial charge on any atom is 0.159 e. The second-order valence-corrected chi connectivity index (χ2v) is 3.79. The van der Waals surface area contributed by atoms with Crippen LogP contribution in [0, 0.1) is 0 Å². The normalized spacial score (nSPS) is 9.62. The maximum absolute atomic E-state index is 11.0. The molecule has 16 heavy (non-hydrogen) atoms. The lowest BCUT2D eigenvalue weighted by Crippen LogP contribution is -2.21. The number of hydrogen-bond acceptors (Lipinski definition) is 2. The molecule has 0 aliphatic heterocycles. The minimum Gasteiger partial charge on any atom is -0.310 e. The van der Waals surface area contributed by atoms with Crippen molar-refractivity contribution in [2.45, 2.75) is 47.2 Å². The van der Waals surface area contributed by atoms with Gasteiger partial charge in [0, 0.05) is 18.2 Å².